The molecule has 3 nitrogen and oxygen atoms in total. The van der Waals surface area contributed by atoms with Gasteiger partial charge in [0.25, 0.3) is 0 Å². The molecule has 2 rings (SSSR count). The summed E-state index contributed by atoms with van der Waals surface area (Å²) in [6.07, 6.45) is 4.72. The van der Waals surface area contributed by atoms with Crippen LogP contribution in [0.25, 0.3) is 0 Å². The summed E-state index contributed by atoms with van der Waals surface area (Å²) in [5, 5.41) is 3.02. The Morgan fingerprint density at radius 2 is 2.20 bits per heavy atom. The Kier molecular flexibility index (Phi) is 7.00. The Bertz CT molecular complexity index is 467. The first kappa shape index (κ1) is 17.5. The summed E-state index contributed by atoms with van der Waals surface area (Å²) in [5.41, 5.74) is 8.08. The molecular formula is C15H22BrClN2O. The van der Waals surface area contributed by atoms with Gasteiger partial charge in [0.15, 0.2) is 0 Å². The molecule has 0 heterocycles. The van der Waals surface area contributed by atoms with Crippen molar-refractivity contribution in [2.45, 2.75) is 45.1 Å². The fourth-order valence-corrected chi connectivity index (χ4v) is 3.14. The van der Waals surface area contributed by atoms with Gasteiger partial charge in [-0.15, -0.1) is 12.4 Å². The predicted molar refractivity (Wildman–Crippen MR) is 89.3 cm³/mol. The molecule has 3 N–H and O–H groups in total. The second kappa shape index (κ2) is 8.01. The summed E-state index contributed by atoms with van der Waals surface area (Å²) in [6, 6.07) is 6.16. The molecule has 1 fully saturated rings. The van der Waals surface area contributed by atoms with Gasteiger partial charge in [0, 0.05) is 22.6 Å². The van der Waals surface area contributed by atoms with E-state index in [-0.39, 0.29) is 24.4 Å². The van der Waals surface area contributed by atoms with Crippen LogP contribution in [-0.4, -0.2) is 11.9 Å². The average molecular weight is 362 g/mol. The van der Waals surface area contributed by atoms with Gasteiger partial charge in [-0.3, -0.25) is 4.79 Å². The molecule has 0 bridgehead atoms. The lowest BCUT2D eigenvalue weighted by Gasteiger charge is -2.16. The Labute approximate surface area is 135 Å². The first-order chi connectivity index (χ1) is 9.10. The third-order valence-electron chi connectivity index (χ3n) is 3.89. The van der Waals surface area contributed by atoms with E-state index in [1.54, 1.807) is 0 Å². The maximum absolute atomic E-state index is 12.1. The highest BCUT2D eigenvalue weighted by atomic mass is 79.9. The number of rotatable bonds is 4. The highest BCUT2D eigenvalue weighted by Gasteiger charge is 2.26. The van der Waals surface area contributed by atoms with Crippen LogP contribution < -0.4 is 11.1 Å². The number of nitrogens with two attached hydrogens (primary N) is 1. The van der Waals surface area contributed by atoms with Crippen molar-refractivity contribution in [3.8, 4) is 0 Å². The van der Waals surface area contributed by atoms with Crippen LogP contribution in [-0.2, 0) is 11.2 Å². The lowest BCUT2D eigenvalue weighted by Crippen LogP contribution is -2.28. The van der Waals surface area contributed by atoms with E-state index in [4.69, 9.17) is 5.73 Å². The number of anilines is 1. The van der Waals surface area contributed by atoms with Crippen LogP contribution in [0.3, 0.4) is 0 Å². The van der Waals surface area contributed by atoms with E-state index in [1.165, 1.54) is 0 Å². The summed E-state index contributed by atoms with van der Waals surface area (Å²) in [7, 11) is 0. The van der Waals surface area contributed by atoms with E-state index >= 15 is 0 Å². The Hall–Kier alpha value is -0.580. The third-order valence-corrected chi connectivity index (χ3v) is 4.38. The Morgan fingerprint density at radius 3 is 2.80 bits per heavy atom. The maximum atomic E-state index is 12.1. The fourth-order valence-electron chi connectivity index (χ4n) is 2.74. The van der Waals surface area contributed by atoms with E-state index in [0.717, 1.165) is 41.4 Å². The van der Waals surface area contributed by atoms with Crippen molar-refractivity contribution in [3.63, 3.8) is 0 Å². The second-order valence-electron chi connectivity index (χ2n) is 5.26. The summed E-state index contributed by atoms with van der Waals surface area (Å²) in [6.45, 7) is 2.09. The topological polar surface area (TPSA) is 55.1 Å². The number of nitrogens with one attached hydrogen (secondary N) is 1. The smallest absolute Gasteiger partial charge is 0.224 e. The van der Waals surface area contributed by atoms with Gasteiger partial charge in [-0.05, 0) is 48.9 Å². The van der Waals surface area contributed by atoms with Crippen molar-refractivity contribution in [2.24, 2.45) is 11.7 Å². The first-order valence-corrected chi connectivity index (χ1v) is 7.73. The summed E-state index contributed by atoms with van der Waals surface area (Å²) >= 11 is 3.45. The van der Waals surface area contributed by atoms with E-state index in [0.29, 0.717) is 12.3 Å². The normalized spacial score (nSPS) is 21.4. The van der Waals surface area contributed by atoms with Crippen molar-refractivity contribution in [1.82, 2.24) is 0 Å². The number of hydrogen-bond donors (Lipinski definition) is 2. The zero-order valence-corrected chi connectivity index (χ0v) is 14.1. The SMILES string of the molecule is CCc1cc(Br)ccc1NC(=O)C[C@@H]1CCC[C@H]1N.Cl. The molecule has 0 unspecified atom stereocenters. The molecular weight excluding hydrogens is 340 g/mol. The van der Waals surface area contributed by atoms with Crippen molar-refractivity contribution in [1.29, 1.82) is 0 Å². The highest BCUT2D eigenvalue weighted by molar-refractivity contribution is 9.10. The van der Waals surface area contributed by atoms with Crippen LogP contribution in [0.5, 0.6) is 0 Å². The summed E-state index contributed by atoms with van der Waals surface area (Å²) in [5.74, 6) is 0.430. The van der Waals surface area contributed by atoms with Crippen LogP contribution in [0.2, 0.25) is 0 Å². The van der Waals surface area contributed by atoms with Crippen LogP contribution >= 0.6 is 28.3 Å². The monoisotopic (exact) mass is 360 g/mol. The maximum Gasteiger partial charge on any atom is 0.224 e. The largest absolute Gasteiger partial charge is 0.327 e. The second-order valence-corrected chi connectivity index (χ2v) is 6.18. The molecule has 0 aromatic heterocycles. The van der Waals surface area contributed by atoms with E-state index in [1.807, 2.05) is 12.1 Å². The number of benzene rings is 1. The quantitative estimate of drug-likeness (QED) is 0.855. The van der Waals surface area contributed by atoms with Gasteiger partial charge in [0.1, 0.15) is 0 Å². The molecule has 0 aliphatic heterocycles. The predicted octanol–water partition coefficient (Wildman–Crippen LogP) is 3.89. The third kappa shape index (κ3) is 4.47. The number of hydrogen-bond acceptors (Lipinski definition) is 2. The number of carbonyl (C=O) groups excluding carboxylic acids is 1. The molecule has 112 valence electrons. The lowest BCUT2D eigenvalue weighted by molar-refractivity contribution is -0.117. The van der Waals surface area contributed by atoms with Gasteiger partial charge in [0.2, 0.25) is 5.91 Å². The van der Waals surface area contributed by atoms with Gasteiger partial charge >= 0.3 is 0 Å². The number of carbonyl (C=O) groups is 1. The average Bonchev–Trinajstić information content (AvgIpc) is 2.77. The molecule has 1 amide bonds. The first-order valence-electron chi connectivity index (χ1n) is 6.94. The Morgan fingerprint density at radius 1 is 1.45 bits per heavy atom. The minimum Gasteiger partial charge on any atom is -0.327 e. The zero-order chi connectivity index (χ0) is 13.8. The molecule has 5 heteroatoms. The number of halogens is 2. The van der Waals surface area contributed by atoms with Gasteiger partial charge in [-0.2, -0.15) is 0 Å². The van der Waals surface area contributed by atoms with Crippen LogP contribution in [0.15, 0.2) is 22.7 Å². The fraction of sp³-hybridized carbons (Fsp3) is 0.533. The van der Waals surface area contributed by atoms with Crippen LogP contribution in [0.1, 0.15) is 38.2 Å². The summed E-state index contributed by atoms with van der Waals surface area (Å²) in [4.78, 5) is 12.1. The molecule has 20 heavy (non-hydrogen) atoms. The van der Waals surface area contributed by atoms with E-state index < -0.39 is 0 Å². The molecule has 0 saturated heterocycles. The van der Waals surface area contributed by atoms with E-state index in [9.17, 15) is 4.79 Å². The molecule has 1 aromatic carbocycles. The Balaban J connectivity index is 0.00000200. The summed E-state index contributed by atoms with van der Waals surface area (Å²) < 4.78 is 1.04. The molecule has 1 aromatic rings. The standard InChI is InChI=1S/C15H21BrN2O.ClH/c1-2-10-8-12(16)6-7-14(10)18-15(19)9-11-4-3-5-13(11)17;/h6-8,11,13H,2-5,9,17H2,1H3,(H,18,19);1H/t11-,13+;/m0./s1. The lowest BCUT2D eigenvalue weighted by atomic mass is 9.99. The zero-order valence-electron chi connectivity index (χ0n) is 11.7. The van der Waals surface area contributed by atoms with Crippen LogP contribution in [0, 0.1) is 5.92 Å². The molecule has 0 spiro atoms. The van der Waals surface area contributed by atoms with Crippen molar-refractivity contribution < 1.29 is 4.79 Å². The molecule has 2 atom stereocenters. The van der Waals surface area contributed by atoms with E-state index in [2.05, 4.69) is 34.2 Å². The van der Waals surface area contributed by atoms with Gasteiger partial charge < -0.3 is 11.1 Å². The van der Waals surface area contributed by atoms with Gasteiger partial charge in [-0.1, -0.05) is 29.3 Å². The van der Waals surface area contributed by atoms with Gasteiger partial charge in [0.05, 0.1) is 0 Å². The van der Waals surface area contributed by atoms with Crippen molar-refractivity contribution in [3.05, 3.63) is 28.2 Å². The number of amides is 1. The minimum absolute atomic E-state index is 0. The molecule has 1 aliphatic rings. The minimum atomic E-state index is 0. The van der Waals surface area contributed by atoms with Gasteiger partial charge in [-0.25, -0.2) is 0 Å². The molecule has 0 radical (unpaired) electrons. The van der Waals surface area contributed by atoms with Crippen LogP contribution in [0.4, 0.5) is 5.69 Å². The number of aryl methyl sites for hydroxylation is 1. The van der Waals surface area contributed by atoms with Crippen molar-refractivity contribution >= 4 is 39.9 Å². The van der Waals surface area contributed by atoms with Crippen molar-refractivity contribution in [2.75, 3.05) is 5.32 Å². The highest BCUT2D eigenvalue weighted by Crippen LogP contribution is 2.28. The molecule has 1 aliphatic carbocycles. The molecule has 1 saturated carbocycles.